The van der Waals surface area contributed by atoms with E-state index in [-0.39, 0.29) is 5.91 Å². The highest BCUT2D eigenvalue weighted by atomic mass is 16.5. The molecule has 1 fully saturated rings. The summed E-state index contributed by atoms with van der Waals surface area (Å²) in [5.41, 5.74) is 10.7. The molecule has 6 nitrogen and oxygen atoms in total. The van der Waals surface area contributed by atoms with E-state index < -0.39 is 0 Å². The van der Waals surface area contributed by atoms with Crippen LogP contribution in [0, 0.1) is 0 Å². The Bertz CT molecular complexity index is 1050. The Kier molecular flexibility index (Phi) is 6.48. The molecule has 0 aliphatic carbocycles. The molecule has 2 heterocycles. The highest BCUT2D eigenvalue weighted by Gasteiger charge is 2.22. The normalized spacial score (nSPS) is 15.1. The molecule has 4 rings (SSSR count). The Morgan fingerprint density at radius 1 is 1.10 bits per heavy atom. The summed E-state index contributed by atoms with van der Waals surface area (Å²) >= 11 is 0. The molecule has 1 saturated heterocycles. The van der Waals surface area contributed by atoms with Crippen LogP contribution < -0.4 is 11.1 Å². The maximum atomic E-state index is 12.6. The van der Waals surface area contributed by atoms with Crippen molar-refractivity contribution in [1.29, 1.82) is 0 Å². The molecule has 1 aliphatic heterocycles. The van der Waals surface area contributed by atoms with Crippen LogP contribution >= 0.6 is 0 Å². The predicted molar refractivity (Wildman–Crippen MR) is 123 cm³/mol. The topological polar surface area (TPSA) is 84.4 Å². The number of hydrogen-bond donors (Lipinski definition) is 2. The molecule has 2 aromatic carbocycles. The SMILES string of the molecule is CNC(=O)c1c(-c2ccccc2)noc1C=C(N)c1ccc(CN2CCCCC2)cc1. The average Bonchev–Trinajstić information content (AvgIpc) is 3.23. The largest absolute Gasteiger partial charge is 0.398 e. The third kappa shape index (κ3) is 4.86. The third-order valence-corrected chi connectivity index (χ3v) is 5.65. The van der Waals surface area contributed by atoms with E-state index in [2.05, 4.69) is 27.5 Å². The number of aromatic nitrogens is 1. The lowest BCUT2D eigenvalue weighted by Gasteiger charge is -2.26. The van der Waals surface area contributed by atoms with Gasteiger partial charge in [0.15, 0.2) is 5.76 Å². The molecular formula is C25H28N4O2. The van der Waals surface area contributed by atoms with Gasteiger partial charge in [-0.05, 0) is 37.1 Å². The van der Waals surface area contributed by atoms with E-state index in [0.717, 1.165) is 17.7 Å². The van der Waals surface area contributed by atoms with Crippen molar-refractivity contribution >= 4 is 17.7 Å². The number of rotatable bonds is 6. The Morgan fingerprint density at radius 2 is 1.81 bits per heavy atom. The number of carbonyl (C=O) groups is 1. The van der Waals surface area contributed by atoms with Gasteiger partial charge in [0, 0.05) is 30.9 Å². The van der Waals surface area contributed by atoms with Crippen LogP contribution in [0.1, 0.15) is 46.5 Å². The molecule has 1 aliphatic rings. The third-order valence-electron chi connectivity index (χ3n) is 5.65. The highest BCUT2D eigenvalue weighted by Crippen LogP contribution is 2.27. The van der Waals surface area contributed by atoms with Gasteiger partial charge < -0.3 is 15.6 Å². The lowest BCUT2D eigenvalue weighted by molar-refractivity contribution is 0.0963. The standard InChI is InChI=1S/C25H28N4O2/c1-27-25(30)23-22(31-28-24(23)20-8-4-2-5-9-20)16-21(26)19-12-10-18(11-13-19)17-29-14-6-3-7-15-29/h2,4-5,8-13,16H,3,6-7,14-15,17,26H2,1H3,(H,27,30). The summed E-state index contributed by atoms with van der Waals surface area (Å²) in [6.07, 6.45) is 5.57. The molecule has 1 aromatic heterocycles. The van der Waals surface area contributed by atoms with Crippen molar-refractivity contribution < 1.29 is 9.32 Å². The Labute approximate surface area is 182 Å². The number of nitrogens with one attached hydrogen (secondary N) is 1. The van der Waals surface area contributed by atoms with Crippen LogP contribution in [0.25, 0.3) is 23.0 Å². The van der Waals surface area contributed by atoms with Crippen molar-refractivity contribution in [3.8, 4) is 11.3 Å². The Balaban J connectivity index is 1.58. The summed E-state index contributed by atoms with van der Waals surface area (Å²) in [5, 5.41) is 6.80. The maximum Gasteiger partial charge on any atom is 0.257 e. The zero-order chi connectivity index (χ0) is 21.6. The van der Waals surface area contributed by atoms with Crippen LogP contribution in [-0.2, 0) is 6.54 Å². The fourth-order valence-electron chi connectivity index (χ4n) is 3.94. The molecule has 1 amide bonds. The molecule has 0 spiro atoms. The lowest BCUT2D eigenvalue weighted by atomic mass is 10.0. The smallest absolute Gasteiger partial charge is 0.257 e. The predicted octanol–water partition coefficient (Wildman–Crippen LogP) is 4.14. The quantitative estimate of drug-likeness (QED) is 0.631. The van der Waals surface area contributed by atoms with Crippen LogP contribution in [0.2, 0.25) is 0 Å². The van der Waals surface area contributed by atoms with Gasteiger partial charge >= 0.3 is 0 Å². The van der Waals surface area contributed by atoms with Gasteiger partial charge in [-0.2, -0.15) is 0 Å². The molecule has 0 saturated carbocycles. The number of piperidine rings is 1. The van der Waals surface area contributed by atoms with Crippen molar-refractivity contribution in [2.24, 2.45) is 5.73 Å². The van der Waals surface area contributed by atoms with E-state index in [1.165, 1.54) is 37.9 Å². The van der Waals surface area contributed by atoms with Crippen LogP contribution in [-0.4, -0.2) is 36.1 Å². The molecule has 160 valence electrons. The van der Waals surface area contributed by atoms with Crippen LogP contribution in [0.4, 0.5) is 0 Å². The molecule has 0 atom stereocenters. The van der Waals surface area contributed by atoms with Crippen molar-refractivity contribution in [3.63, 3.8) is 0 Å². The summed E-state index contributed by atoms with van der Waals surface area (Å²) in [6.45, 7) is 3.30. The minimum Gasteiger partial charge on any atom is -0.398 e. The minimum atomic E-state index is -0.268. The Morgan fingerprint density at radius 3 is 2.48 bits per heavy atom. The van der Waals surface area contributed by atoms with Gasteiger partial charge in [0.1, 0.15) is 11.3 Å². The van der Waals surface area contributed by atoms with Gasteiger partial charge in [0.2, 0.25) is 0 Å². The number of amides is 1. The van der Waals surface area contributed by atoms with E-state index in [9.17, 15) is 4.79 Å². The minimum absolute atomic E-state index is 0.268. The molecule has 0 unspecified atom stereocenters. The van der Waals surface area contributed by atoms with Crippen LogP contribution in [0.3, 0.4) is 0 Å². The summed E-state index contributed by atoms with van der Waals surface area (Å²) < 4.78 is 5.52. The molecular weight excluding hydrogens is 388 g/mol. The number of carbonyl (C=O) groups excluding carboxylic acids is 1. The molecule has 3 N–H and O–H groups in total. The van der Waals surface area contributed by atoms with E-state index in [4.69, 9.17) is 10.3 Å². The van der Waals surface area contributed by atoms with E-state index in [1.807, 2.05) is 42.5 Å². The summed E-state index contributed by atoms with van der Waals surface area (Å²) in [6, 6.07) is 17.7. The number of likely N-dealkylation sites (tertiary alicyclic amines) is 1. The fraction of sp³-hybridized carbons (Fsp3) is 0.280. The second-order valence-electron chi connectivity index (χ2n) is 7.85. The Hall–Kier alpha value is -3.38. The number of nitrogens with two attached hydrogens (primary N) is 1. The zero-order valence-electron chi connectivity index (χ0n) is 17.8. The first kappa shape index (κ1) is 20.9. The van der Waals surface area contributed by atoms with Crippen LogP contribution in [0.5, 0.6) is 0 Å². The highest BCUT2D eigenvalue weighted by molar-refractivity contribution is 6.03. The van der Waals surface area contributed by atoms with Gasteiger partial charge in [-0.3, -0.25) is 9.69 Å². The number of benzene rings is 2. The zero-order valence-corrected chi connectivity index (χ0v) is 17.8. The van der Waals surface area contributed by atoms with E-state index in [1.54, 1.807) is 13.1 Å². The van der Waals surface area contributed by atoms with E-state index in [0.29, 0.717) is 22.7 Å². The van der Waals surface area contributed by atoms with Gasteiger partial charge in [-0.15, -0.1) is 0 Å². The second-order valence-corrected chi connectivity index (χ2v) is 7.85. The van der Waals surface area contributed by atoms with Gasteiger partial charge in [-0.1, -0.05) is 66.2 Å². The average molecular weight is 417 g/mol. The first-order valence-corrected chi connectivity index (χ1v) is 10.7. The fourth-order valence-corrected chi connectivity index (χ4v) is 3.94. The maximum absolute atomic E-state index is 12.6. The molecule has 31 heavy (non-hydrogen) atoms. The molecule has 0 radical (unpaired) electrons. The first-order valence-electron chi connectivity index (χ1n) is 10.7. The molecule has 6 heteroatoms. The van der Waals surface area contributed by atoms with Crippen LogP contribution in [0.15, 0.2) is 59.1 Å². The van der Waals surface area contributed by atoms with Crippen molar-refractivity contribution in [2.45, 2.75) is 25.8 Å². The first-order chi connectivity index (χ1) is 15.2. The van der Waals surface area contributed by atoms with E-state index >= 15 is 0 Å². The van der Waals surface area contributed by atoms with Crippen molar-refractivity contribution in [2.75, 3.05) is 20.1 Å². The summed E-state index contributed by atoms with van der Waals surface area (Å²) in [5.74, 6) is 0.0733. The monoisotopic (exact) mass is 416 g/mol. The van der Waals surface area contributed by atoms with Crippen molar-refractivity contribution in [1.82, 2.24) is 15.4 Å². The van der Waals surface area contributed by atoms with Gasteiger partial charge in [0.05, 0.1) is 0 Å². The van der Waals surface area contributed by atoms with Crippen molar-refractivity contribution in [3.05, 3.63) is 77.0 Å². The molecule has 0 bridgehead atoms. The second kappa shape index (κ2) is 9.62. The van der Waals surface area contributed by atoms with Gasteiger partial charge in [-0.25, -0.2) is 0 Å². The van der Waals surface area contributed by atoms with Gasteiger partial charge in [0.25, 0.3) is 5.91 Å². The summed E-state index contributed by atoms with van der Waals surface area (Å²) in [4.78, 5) is 15.0. The summed E-state index contributed by atoms with van der Waals surface area (Å²) in [7, 11) is 1.59. The molecule has 3 aromatic rings. The number of hydrogen-bond acceptors (Lipinski definition) is 5. The lowest BCUT2D eigenvalue weighted by Crippen LogP contribution is -2.29. The number of nitrogens with zero attached hydrogens (tertiary/aromatic N) is 2.